The summed E-state index contributed by atoms with van der Waals surface area (Å²) in [6.07, 6.45) is 2.30. The molecule has 0 atom stereocenters. The smallest absolute Gasteiger partial charge is 0.253 e. The SMILES string of the molecule is CN=C(NCCCC(C)(C)C)NCc1ccc(C(=O)N(C)C)cc1.I. The van der Waals surface area contributed by atoms with Crippen molar-refractivity contribution in [1.82, 2.24) is 15.5 Å². The van der Waals surface area contributed by atoms with Gasteiger partial charge in [0.25, 0.3) is 5.91 Å². The van der Waals surface area contributed by atoms with Crippen LogP contribution < -0.4 is 10.6 Å². The van der Waals surface area contributed by atoms with E-state index in [1.807, 2.05) is 24.3 Å². The molecule has 0 saturated heterocycles. The fraction of sp³-hybridized carbons (Fsp3) is 0.579. The summed E-state index contributed by atoms with van der Waals surface area (Å²) in [5.41, 5.74) is 2.18. The summed E-state index contributed by atoms with van der Waals surface area (Å²) in [6.45, 7) is 8.35. The maximum absolute atomic E-state index is 11.9. The molecule has 1 aromatic carbocycles. The van der Waals surface area contributed by atoms with Gasteiger partial charge in [0, 0.05) is 39.8 Å². The molecule has 0 radical (unpaired) electrons. The van der Waals surface area contributed by atoms with Crippen LogP contribution in [-0.4, -0.2) is 44.5 Å². The zero-order valence-corrected chi connectivity index (χ0v) is 18.7. The first-order chi connectivity index (χ1) is 11.2. The average Bonchev–Trinajstić information content (AvgIpc) is 2.53. The van der Waals surface area contributed by atoms with Crippen molar-refractivity contribution in [2.45, 2.75) is 40.2 Å². The lowest BCUT2D eigenvalue weighted by molar-refractivity contribution is 0.0827. The number of hydrogen-bond donors (Lipinski definition) is 2. The minimum atomic E-state index is 0. The van der Waals surface area contributed by atoms with Crippen LogP contribution in [0.25, 0.3) is 0 Å². The van der Waals surface area contributed by atoms with Crippen molar-refractivity contribution >= 4 is 35.8 Å². The highest BCUT2D eigenvalue weighted by molar-refractivity contribution is 14.0. The van der Waals surface area contributed by atoms with Crippen LogP contribution in [0.3, 0.4) is 0 Å². The number of hydrogen-bond acceptors (Lipinski definition) is 2. The zero-order chi connectivity index (χ0) is 18.2. The van der Waals surface area contributed by atoms with E-state index in [9.17, 15) is 4.79 Å². The maximum atomic E-state index is 11.9. The summed E-state index contributed by atoms with van der Waals surface area (Å²) in [4.78, 5) is 17.7. The van der Waals surface area contributed by atoms with Gasteiger partial charge in [0.1, 0.15) is 0 Å². The fourth-order valence-electron chi connectivity index (χ4n) is 2.26. The molecule has 1 aromatic rings. The highest BCUT2D eigenvalue weighted by Gasteiger charge is 2.09. The Morgan fingerprint density at radius 2 is 1.72 bits per heavy atom. The van der Waals surface area contributed by atoms with Crippen molar-refractivity contribution in [3.63, 3.8) is 0 Å². The van der Waals surface area contributed by atoms with Gasteiger partial charge in [-0.15, -0.1) is 24.0 Å². The lowest BCUT2D eigenvalue weighted by Crippen LogP contribution is -2.37. The molecule has 0 aromatic heterocycles. The molecular formula is C19H33IN4O. The molecule has 0 aliphatic heterocycles. The molecule has 0 saturated carbocycles. The van der Waals surface area contributed by atoms with Crippen molar-refractivity contribution in [3.05, 3.63) is 35.4 Å². The number of nitrogens with zero attached hydrogens (tertiary/aromatic N) is 2. The molecule has 0 unspecified atom stereocenters. The number of carbonyl (C=O) groups excluding carboxylic acids is 1. The van der Waals surface area contributed by atoms with Gasteiger partial charge in [-0.3, -0.25) is 9.79 Å². The molecule has 0 heterocycles. The third-order valence-electron chi connectivity index (χ3n) is 3.69. The fourth-order valence-corrected chi connectivity index (χ4v) is 2.26. The molecule has 0 spiro atoms. The lowest BCUT2D eigenvalue weighted by atomic mass is 9.91. The molecule has 0 aliphatic carbocycles. The lowest BCUT2D eigenvalue weighted by Gasteiger charge is -2.18. The standard InChI is InChI=1S/C19H32N4O.HI/c1-19(2,3)12-7-13-21-18(20-4)22-14-15-8-10-16(11-9-15)17(24)23(5)6;/h8-11H,7,12-14H2,1-6H3,(H2,20,21,22);1H. The quantitative estimate of drug-likeness (QED) is 0.296. The maximum Gasteiger partial charge on any atom is 0.253 e. The summed E-state index contributed by atoms with van der Waals surface area (Å²) in [7, 11) is 5.29. The van der Waals surface area contributed by atoms with Gasteiger partial charge in [-0.05, 0) is 36.0 Å². The van der Waals surface area contributed by atoms with Gasteiger partial charge in [-0.2, -0.15) is 0 Å². The first-order valence-electron chi connectivity index (χ1n) is 8.48. The van der Waals surface area contributed by atoms with Crippen molar-refractivity contribution in [3.8, 4) is 0 Å². The van der Waals surface area contributed by atoms with Crippen LogP contribution in [0.15, 0.2) is 29.3 Å². The molecule has 2 N–H and O–H groups in total. The monoisotopic (exact) mass is 460 g/mol. The number of guanidine groups is 1. The minimum Gasteiger partial charge on any atom is -0.356 e. The van der Waals surface area contributed by atoms with E-state index in [0.717, 1.165) is 24.5 Å². The molecular weight excluding hydrogens is 427 g/mol. The predicted molar refractivity (Wildman–Crippen MR) is 117 cm³/mol. The number of rotatable bonds is 6. The summed E-state index contributed by atoms with van der Waals surface area (Å²) in [5.74, 6) is 0.822. The Balaban J connectivity index is 0.00000576. The molecule has 5 nitrogen and oxygen atoms in total. The number of benzene rings is 1. The van der Waals surface area contributed by atoms with Crippen molar-refractivity contribution in [2.75, 3.05) is 27.7 Å². The molecule has 1 rings (SSSR count). The van der Waals surface area contributed by atoms with E-state index in [1.54, 1.807) is 26.0 Å². The summed E-state index contributed by atoms with van der Waals surface area (Å²) >= 11 is 0. The number of halogens is 1. The van der Waals surface area contributed by atoms with Crippen LogP contribution in [0, 0.1) is 5.41 Å². The minimum absolute atomic E-state index is 0. The Hall–Kier alpha value is -1.31. The van der Waals surface area contributed by atoms with E-state index in [1.165, 1.54) is 6.42 Å². The van der Waals surface area contributed by atoms with Crippen molar-refractivity contribution in [2.24, 2.45) is 10.4 Å². The van der Waals surface area contributed by atoms with Gasteiger partial charge in [0.05, 0.1) is 0 Å². The van der Waals surface area contributed by atoms with Gasteiger partial charge < -0.3 is 15.5 Å². The normalized spacial score (nSPS) is 11.5. The second-order valence-corrected chi connectivity index (χ2v) is 7.41. The molecule has 142 valence electrons. The first-order valence-corrected chi connectivity index (χ1v) is 8.48. The Labute approximate surface area is 169 Å². The Bertz CT molecular complexity index is 548. The van der Waals surface area contributed by atoms with Crippen LogP contribution in [-0.2, 0) is 6.54 Å². The Kier molecular flexibility index (Phi) is 10.7. The number of aliphatic imine (C=N–C) groups is 1. The Morgan fingerprint density at radius 1 is 1.12 bits per heavy atom. The average molecular weight is 460 g/mol. The molecule has 0 fully saturated rings. The van der Waals surface area contributed by atoms with Crippen LogP contribution in [0.2, 0.25) is 0 Å². The highest BCUT2D eigenvalue weighted by Crippen LogP contribution is 2.19. The molecule has 25 heavy (non-hydrogen) atoms. The van der Waals surface area contributed by atoms with E-state index in [2.05, 4.69) is 36.4 Å². The van der Waals surface area contributed by atoms with Gasteiger partial charge in [0.15, 0.2) is 5.96 Å². The van der Waals surface area contributed by atoms with Gasteiger partial charge in [-0.1, -0.05) is 32.9 Å². The van der Waals surface area contributed by atoms with E-state index >= 15 is 0 Å². The molecule has 6 heteroatoms. The van der Waals surface area contributed by atoms with E-state index < -0.39 is 0 Å². The second kappa shape index (κ2) is 11.3. The third-order valence-corrected chi connectivity index (χ3v) is 3.69. The molecule has 0 bridgehead atoms. The van der Waals surface area contributed by atoms with Crippen molar-refractivity contribution < 1.29 is 4.79 Å². The topological polar surface area (TPSA) is 56.7 Å². The highest BCUT2D eigenvalue weighted by atomic mass is 127. The number of carbonyl (C=O) groups is 1. The van der Waals surface area contributed by atoms with Gasteiger partial charge in [0.2, 0.25) is 0 Å². The number of amides is 1. The van der Waals surface area contributed by atoms with Crippen LogP contribution in [0.4, 0.5) is 0 Å². The van der Waals surface area contributed by atoms with E-state index in [0.29, 0.717) is 17.5 Å². The Morgan fingerprint density at radius 3 is 2.20 bits per heavy atom. The zero-order valence-electron chi connectivity index (χ0n) is 16.3. The van der Waals surface area contributed by atoms with Crippen LogP contribution >= 0.6 is 24.0 Å². The van der Waals surface area contributed by atoms with E-state index in [4.69, 9.17) is 0 Å². The number of nitrogens with one attached hydrogen (secondary N) is 2. The van der Waals surface area contributed by atoms with Crippen molar-refractivity contribution in [1.29, 1.82) is 0 Å². The van der Waals surface area contributed by atoms with Gasteiger partial charge >= 0.3 is 0 Å². The van der Waals surface area contributed by atoms with Crippen LogP contribution in [0.5, 0.6) is 0 Å². The van der Waals surface area contributed by atoms with E-state index in [-0.39, 0.29) is 29.9 Å². The molecule has 0 aliphatic rings. The third kappa shape index (κ3) is 9.67. The van der Waals surface area contributed by atoms with Crippen LogP contribution in [0.1, 0.15) is 49.5 Å². The summed E-state index contributed by atoms with van der Waals surface area (Å²) in [5, 5.41) is 6.63. The largest absolute Gasteiger partial charge is 0.356 e. The first kappa shape index (κ1) is 23.7. The predicted octanol–water partition coefficient (Wildman–Crippen LogP) is 3.50. The summed E-state index contributed by atoms with van der Waals surface area (Å²) in [6, 6.07) is 7.66. The molecule has 1 amide bonds. The second-order valence-electron chi connectivity index (χ2n) is 7.41. The van der Waals surface area contributed by atoms with Gasteiger partial charge in [-0.25, -0.2) is 0 Å². The summed E-state index contributed by atoms with van der Waals surface area (Å²) < 4.78 is 0.